The van der Waals surface area contributed by atoms with E-state index in [9.17, 15) is 9.18 Å². The molecule has 2 heterocycles. The molecule has 1 N–H and O–H groups in total. The van der Waals surface area contributed by atoms with Crippen LogP contribution in [0.5, 0.6) is 0 Å². The van der Waals surface area contributed by atoms with Gasteiger partial charge in [0.05, 0.1) is 19.6 Å². The summed E-state index contributed by atoms with van der Waals surface area (Å²) in [5, 5.41) is 2.92. The second-order valence-electron chi connectivity index (χ2n) is 7.70. The van der Waals surface area contributed by atoms with E-state index in [4.69, 9.17) is 4.74 Å². The minimum Gasteiger partial charge on any atom is -0.379 e. The van der Waals surface area contributed by atoms with E-state index in [2.05, 4.69) is 15.2 Å². The van der Waals surface area contributed by atoms with Crippen LogP contribution in [0.1, 0.15) is 16.7 Å². The van der Waals surface area contributed by atoms with Crippen LogP contribution in [-0.4, -0.2) is 42.1 Å². The van der Waals surface area contributed by atoms with Crippen LogP contribution in [0.25, 0.3) is 11.3 Å². The number of aromatic nitrogens is 1. The minimum absolute atomic E-state index is 0.0478. The molecule has 0 saturated carbocycles. The number of halogens is 1. The largest absolute Gasteiger partial charge is 0.379 e. The Morgan fingerprint density at radius 3 is 2.45 bits per heavy atom. The zero-order valence-electron chi connectivity index (χ0n) is 17.4. The lowest BCUT2D eigenvalue weighted by Crippen LogP contribution is -2.35. The van der Waals surface area contributed by atoms with Crippen LogP contribution in [0.4, 0.5) is 4.39 Å². The van der Waals surface area contributed by atoms with E-state index in [1.54, 1.807) is 12.3 Å². The van der Waals surface area contributed by atoms with Crippen molar-refractivity contribution in [3.8, 4) is 11.3 Å². The number of benzene rings is 2. The maximum Gasteiger partial charge on any atom is 0.224 e. The van der Waals surface area contributed by atoms with Gasteiger partial charge in [-0.05, 0) is 22.8 Å². The Morgan fingerprint density at radius 2 is 1.74 bits per heavy atom. The molecule has 31 heavy (non-hydrogen) atoms. The number of pyridine rings is 1. The Balaban J connectivity index is 1.34. The highest BCUT2D eigenvalue weighted by molar-refractivity contribution is 5.78. The summed E-state index contributed by atoms with van der Waals surface area (Å²) in [6, 6.07) is 18.7. The molecule has 0 aliphatic carbocycles. The third-order valence-electron chi connectivity index (χ3n) is 5.33. The van der Waals surface area contributed by atoms with E-state index in [1.807, 2.05) is 54.6 Å². The Labute approximate surface area is 181 Å². The number of carbonyl (C=O) groups excluding carboxylic acids is 1. The van der Waals surface area contributed by atoms with Crippen molar-refractivity contribution >= 4 is 5.91 Å². The predicted molar refractivity (Wildman–Crippen MR) is 118 cm³/mol. The molecule has 0 unspecified atom stereocenters. The summed E-state index contributed by atoms with van der Waals surface area (Å²) in [6.07, 6.45) is 2.01. The summed E-state index contributed by atoms with van der Waals surface area (Å²) < 4.78 is 20.0. The molecule has 1 aromatic heterocycles. The number of nitrogens with one attached hydrogen (secondary N) is 1. The van der Waals surface area contributed by atoms with Gasteiger partial charge < -0.3 is 10.1 Å². The second-order valence-corrected chi connectivity index (χ2v) is 7.70. The van der Waals surface area contributed by atoms with Gasteiger partial charge in [0, 0.05) is 37.9 Å². The van der Waals surface area contributed by atoms with Gasteiger partial charge in [0.25, 0.3) is 0 Å². The highest BCUT2D eigenvalue weighted by Gasteiger charge is 2.14. The molecule has 2 aromatic carbocycles. The summed E-state index contributed by atoms with van der Waals surface area (Å²) >= 11 is 0. The number of nitrogens with zero attached hydrogens (tertiary/aromatic N) is 2. The zero-order valence-corrected chi connectivity index (χ0v) is 17.4. The Hall–Kier alpha value is -3.09. The van der Waals surface area contributed by atoms with Gasteiger partial charge in [-0.2, -0.15) is 0 Å². The average Bonchev–Trinajstić information content (AvgIpc) is 2.80. The SMILES string of the molecule is O=C(Cc1ccc(-c2ncc(CN3CCOCC3)cc2F)cc1)NCc1ccccc1. The van der Waals surface area contributed by atoms with E-state index in [-0.39, 0.29) is 18.1 Å². The molecule has 1 aliphatic rings. The lowest BCUT2D eigenvalue weighted by Gasteiger charge is -2.26. The van der Waals surface area contributed by atoms with Crippen molar-refractivity contribution in [2.75, 3.05) is 26.3 Å². The fourth-order valence-corrected chi connectivity index (χ4v) is 3.62. The van der Waals surface area contributed by atoms with Gasteiger partial charge in [-0.25, -0.2) is 4.39 Å². The van der Waals surface area contributed by atoms with Crippen LogP contribution >= 0.6 is 0 Å². The molecule has 6 heteroatoms. The van der Waals surface area contributed by atoms with Gasteiger partial charge in [0.1, 0.15) is 11.5 Å². The third-order valence-corrected chi connectivity index (χ3v) is 5.33. The highest BCUT2D eigenvalue weighted by Crippen LogP contribution is 2.22. The Morgan fingerprint density at radius 1 is 1.00 bits per heavy atom. The molecule has 0 atom stereocenters. The van der Waals surface area contributed by atoms with E-state index in [0.29, 0.717) is 37.6 Å². The van der Waals surface area contributed by atoms with Gasteiger partial charge in [0.2, 0.25) is 5.91 Å². The first-order chi connectivity index (χ1) is 15.2. The zero-order chi connectivity index (χ0) is 21.5. The molecule has 1 aliphatic heterocycles. The molecule has 0 bridgehead atoms. The first-order valence-electron chi connectivity index (χ1n) is 10.5. The van der Waals surface area contributed by atoms with Crippen LogP contribution < -0.4 is 5.32 Å². The third kappa shape index (κ3) is 5.96. The quantitative estimate of drug-likeness (QED) is 0.636. The first kappa shape index (κ1) is 21.2. The van der Waals surface area contributed by atoms with Crippen molar-refractivity contribution in [3.05, 3.63) is 89.4 Å². The lowest BCUT2D eigenvalue weighted by molar-refractivity contribution is -0.120. The van der Waals surface area contributed by atoms with Crippen molar-refractivity contribution in [2.24, 2.45) is 0 Å². The van der Waals surface area contributed by atoms with Gasteiger partial charge in [-0.15, -0.1) is 0 Å². The van der Waals surface area contributed by atoms with Gasteiger partial charge in [0.15, 0.2) is 0 Å². The van der Waals surface area contributed by atoms with Crippen molar-refractivity contribution in [1.29, 1.82) is 0 Å². The van der Waals surface area contributed by atoms with E-state index in [0.717, 1.165) is 29.8 Å². The number of morpholine rings is 1. The van der Waals surface area contributed by atoms with Crippen LogP contribution in [0.2, 0.25) is 0 Å². The molecule has 1 fully saturated rings. The van der Waals surface area contributed by atoms with E-state index >= 15 is 0 Å². The molecule has 0 radical (unpaired) electrons. The van der Waals surface area contributed by atoms with Crippen molar-refractivity contribution in [1.82, 2.24) is 15.2 Å². The summed E-state index contributed by atoms with van der Waals surface area (Å²) in [5.74, 6) is -0.382. The summed E-state index contributed by atoms with van der Waals surface area (Å²) in [5.41, 5.74) is 3.81. The summed E-state index contributed by atoms with van der Waals surface area (Å²) in [7, 11) is 0. The Bertz CT molecular complexity index is 1000. The average molecular weight is 420 g/mol. The van der Waals surface area contributed by atoms with E-state index in [1.165, 1.54) is 0 Å². The molecule has 5 nitrogen and oxygen atoms in total. The molecular formula is C25H26FN3O2. The number of carbonyl (C=O) groups is 1. The standard InChI is InChI=1S/C25H26FN3O2/c26-23-14-21(18-29-10-12-31-13-11-29)17-28-25(23)22-8-6-19(7-9-22)15-24(30)27-16-20-4-2-1-3-5-20/h1-9,14,17H,10-13,15-16,18H2,(H,27,30). The van der Waals surface area contributed by atoms with Gasteiger partial charge in [-0.1, -0.05) is 54.6 Å². The maximum absolute atomic E-state index is 14.7. The minimum atomic E-state index is -0.334. The normalized spacial score (nSPS) is 14.4. The first-order valence-corrected chi connectivity index (χ1v) is 10.5. The highest BCUT2D eigenvalue weighted by atomic mass is 19.1. The summed E-state index contributed by atoms with van der Waals surface area (Å²) in [6.45, 7) is 4.30. The topological polar surface area (TPSA) is 54.5 Å². The van der Waals surface area contributed by atoms with Crippen molar-refractivity contribution < 1.29 is 13.9 Å². The molecule has 4 rings (SSSR count). The molecule has 160 valence electrons. The predicted octanol–water partition coefficient (Wildman–Crippen LogP) is 3.58. The number of hydrogen-bond donors (Lipinski definition) is 1. The van der Waals surface area contributed by atoms with Gasteiger partial charge in [-0.3, -0.25) is 14.7 Å². The number of rotatable bonds is 7. The molecule has 1 amide bonds. The fraction of sp³-hybridized carbons (Fsp3) is 0.280. The molecule has 0 spiro atoms. The summed E-state index contributed by atoms with van der Waals surface area (Å²) in [4.78, 5) is 18.8. The lowest BCUT2D eigenvalue weighted by atomic mass is 10.1. The Kier molecular flexibility index (Phi) is 7.02. The van der Waals surface area contributed by atoms with Crippen molar-refractivity contribution in [2.45, 2.75) is 19.5 Å². The van der Waals surface area contributed by atoms with E-state index < -0.39 is 0 Å². The monoisotopic (exact) mass is 419 g/mol. The van der Waals surface area contributed by atoms with Crippen LogP contribution in [0, 0.1) is 5.82 Å². The second kappa shape index (κ2) is 10.3. The number of ether oxygens (including phenoxy) is 1. The number of hydrogen-bond acceptors (Lipinski definition) is 4. The van der Waals surface area contributed by atoms with Crippen LogP contribution in [0.3, 0.4) is 0 Å². The molecule has 3 aromatic rings. The van der Waals surface area contributed by atoms with Gasteiger partial charge >= 0.3 is 0 Å². The molecule has 1 saturated heterocycles. The smallest absolute Gasteiger partial charge is 0.224 e. The maximum atomic E-state index is 14.7. The van der Waals surface area contributed by atoms with Crippen molar-refractivity contribution in [3.63, 3.8) is 0 Å². The van der Waals surface area contributed by atoms with Crippen LogP contribution in [0.15, 0.2) is 66.9 Å². The fourth-order valence-electron chi connectivity index (χ4n) is 3.62. The van der Waals surface area contributed by atoms with Crippen LogP contribution in [-0.2, 0) is 29.0 Å². The number of amides is 1. The molecular weight excluding hydrogens is 393 g/mol.